The van der Waals surface area contributed by atoms with Gasteiger partial charge in [-0.15, -0.1) is 0 Å². The molecule has 0 bridgehead atoms. The van der Waals surface area contributed by atoms with Gasteiger partial charge in [-0.3, -0.25) is 9.80 Å². The molecule has 12 heavy (non-hydrogen) atoms. The van der Waals surface area contributed by atoms with E-state index in [2.05, 4.69) is 23.6 Å². The van der Waals surface area contributed by atoms with Crippen LogP contribution in [0.4, 0.5) is 0 Å². The highest BCUT2D eigenvalue weighted by Gasteiger charge is 2.30. The van der Waals surface area contributed by atoms with Crippen LogP contribution in [0.1, 0.15) is 33.1 Å². The van der Waals surface area contributed by atoms with Crippen molar-refractivity contribution in [2.45, 2.75) is 45.2 Å². The smallest absolute Gasteiger partial charge is 0.0511 e. The SMILES string of the molecule is CC(C)N1CCC2CCCN2C1. The average molecular weight is 168 g/mol. The minimum Gasteiger partial charge on any atom is -0.288 e. The van der Waals surface area contributed by atoms with Gasteiger partial charge in [-0.25, -0.2) is 0 Å². The normalized spacial score (nSPS) is 32.8. The van der Waals surface area contributed by atoms with Gasteiger partial charge < -0.3 is 0 Å². The lowest BCUT2D eigenvalue weighted by Gasteiger charge is -2.39. The molecule has 0 spiro atoms. The van der Waals surface area contributed by atoms with Gasteiger partial charge >= 0.3 is 0 Å². The number of nitrogens with zero attached hydrogens (tertiary/aromatic N) is 2. The molecule has 2 saturated heterocycles. The summed E-state index contributed by atoms with van der Waals surface area (Å²) in [5, 5.41) is 0. The fourth-order valence-corrected chi connectivity index (χ4v) is 2.45. The van der Waals surface area contributed by atoms with Crippen LogP contribution in [-0.2, 0) is 0 Å². The van der Waals surface area contributed by atoms with Gasteiger partial charge in [-0.05, 0) is 39.7 Å². The van der Waals surface area contributed by atoms with E-state index in [1.54, 1.807) is 0 Å². The molecule has 2 heterocycles. The van der Waals surface area contributed by atoms with E-state index < -0.39 is 0 Å². The van der Waals surface area contributed by atoms with Gasteiger partial charge in [0.15, 0.2) is 0 Å². The molecule has 0 radical (unpaired) electrons. The molecule has 2 heteroatoms. The maximum absolute atomic E-state index is 2.66. The summed E-state index contributed by atoms with van der Waals surface area (Å²) >= 11 is 0. The van der Waals surface area contributed by atoms with E-state index in [9.17, 15) is 0 Å². The van der Waals surface area contributed by atoms with Crippen LogP contribution in [0.15, 0.2) is 0 Å². The highest BCUT2D eigenvalue weighted by molar-refractivity contribution is 4.84. The van der Waals surface area contributed by atoms with Crippen LogP contribution in [0.2, 0.25) is 0 Å². The molecule has 0 aliphatic carbocycles. The van der Waals surface area contributed by atoms with Crippen molar-refractivity contribution >= 4 is 0 Å². The van der Waals surface area contributed by atoms with Crippen LogP contribution in [0.25, 0.3) is 0 Å². The summed E-state index contributed by atoms with van der Waals surface area (Å²) in [5.41, 5.74) is 0. The molecule has 0 N–H and O–H groups in total. The molecular weight excluding hydrogens is 148 g/mol. The number of fused-ring (bicyclic) bond motifs is 1. The second kappa shape index (κ2) is 3.35. The first-order chi connectivity index (χ1) is 5.77. The number of hydrogen-bond donors (Lipinski definition) is 0. The van der Waals surface area contributed by atoms with Gasteiger partial charge in [0.05, 0.1) is 6.67 Å². The van der Waals surface area contributed by atoms with Crippen molar-refractivity contribution in [3.8, 4) is 0 Å². The number of hydrogen-bond acceptors (Lipinski definition) is 2. The number of rotatable bonds is 1. The molecule has 2 aliphatic rings. The zero-order valence-corrected chi connectivity index (χ0v) is 8.29. The summed E-state index contributed by atoms with van der Waals surface area (Å²) in [6, 6.07) is 1.66. The molecule has 0 aromatic heterocycles. The van der Waals surface area contributed by atoms with Gasteiger partial charge in [0.25, 0.3) is 0 Å². The Hall–Kier alpha value is -0.0800. The van der Waals surface area contributed by atoms with Crippen molar-refractivity contribution in [3.63, 3.8) is 0 Å². The third-order valence-electron chi connectivity index (χ3n) is 3.34. The van der Waals surface area contributed by atoms with Gasteiger partial charge in [-0.2, -0.15) is 0 Å². The summed E-state index contributed by atoms with van der Waals surface area (Å²) in [5.74, 6) is 0. The van der Waals surface area contributed by atoms with Gasteiger partial charge in [-0.1, -0.05) is 0 Å². The largest absolute Gasteiger partial charge is 0.288 e. The standard InChI is InChI=1S/C10H20N2/c1-9(2)11-7-5-10-4-3-6-12(10)8-11/h9-10H,3-8H2,1-2H3. The molecule has 2 nitrogen and oxygen atoms in total. The van der Waals surface area contributed by atoms with Gasteiger partial charge in [0.2, 0.25) is 0 Å². The van der Waals surface area contributed by atoms with Crippen LogP contribution in [0.5, 0.6) is 0 Å². The first kappa shape index (κ1) is 8.52. The van der Waals surface area contributed by atoms with Crippen LogP contribution < -0.4 is 0 Å². The lowest BCUT2D eigenvalue weighted by Crippen LogP contribution is -2.49. The molecule has 0 saturated carbocycles. The van der Waals surface area contributed by atoms with E-state index in [0.717, 1.165) is 12.1 Å². The Morgan fingerprint density at radius 1 is 1.17 bits per heavy atom. The Labute approximate surface area is 75.5 Å². The maximum Gasteiger partial charge on any atom is 0.0511 e. The summed E-state index contributed by atoms with van der Waals surface area (Å²) in [6.07, 6.45) is 4.28. The van der Waals surface area contributed by atoms with Gasteiger partial charge in [0, 0.05) is 18.6 Å². The molecule has 1 unspecified atom stereocenters. The molecule has 0 amide bonds. The minimum atomic E-state index is 0.728. The van der Waals surface area contributed by atoms with E-state index in [1.807, 2.05) is 0 Å². The van der Waals surface area contributed by atoms with E-state index in [1.165, 1.54) is 39.0 Å². The van der Waals surface area contributed by atoms with Crippen molar-refractivity contribution < 1.29 is 0 Å². The predicted molar refractivity (Wildman–Crippen MR) is 51.1 cm³/mol. The van der Waals surface area contributed by atoms with Crippen molar-refractivity contribution in [1.82, 2.24) is 9.80 Å². The molecule has 2 fully saturated rings. The quantitative estimate of drug-likeness (QED) is 0.586. The van der Waals surface area contributed by atoms with Gasteiger partial charge in [0.1, 0.15) is 0 Å². The highest BCUT2D eigenvalue weighted by Crippen LogP contribution is 2.25. The summed E-state index contributed by atoms with van der Waals surface area (Å²) in [4.78, 5) is 5.24. The second-order valence-corrected chi connectivity index (χ2v) is 4.44. The molecule has 2 aliphatic heterocycles. The summed E-state index contributed by atoms with van der Waals surface area (Å²) in [7, 11) is 0. The lowest BCUT2D eigenvalue weighted by molar-refractivity contribution is 0.0452. The van der Waals surface area contributed by atoms with Crippen molar-refractivity contribution in [2.75, 3.05) is 19.8 Å². The molecule has 2 rings (SSSR count). The minimum absolute atomic E-state index is 0.728. The van der Waals surface area contributed by atoms with E-state index >= 15 is 0 Å². The van der Waals surface area contributed by atoms with Crippen LogP contribution >= 0.6 is 0 Å². The Kier molecular flexibility index (Phi) is 2.37. The molecule has 1 atom stereocenters. The van der Waals surface area contributed by atoms with Crippen LogP contribution in [-0.4, -0.2) is 41.6 Å². The topological polar surface area (TPSA) is 6.48 Å². The molecule has 70 valence electrons. The lowest BCUT2D eigenvalue weighted by atomic mass is 10.1. The van der Waals surface area contributed by atoms with E-state index in [-0.39, 0.29) is 0 Å². The van der Waals surface area contributed by atoms with Crippen LogP contribution in [0.3, 0.4) is 0 Å². The zero-order valence-electron chi connectivity index (χ0n) is 8.29. The molecule has 0 aromatic rings. The Balaban J connectivity index is 1.92. The van der Waals surface area contributed by atoms with Crippen molar-refractivity contribution in [2.24, 2.45) is 0 Å². The Morgan fingerprint density at radius 2 is 2.00 bits per heavy atom. The zero-order chi connectivity index (χ0) is 8.55. The third-order valence-corrected chi connectivity index (χ3v) is 3.34. The predicted octanol–water partition coefficient (Wildman–Crippen LogP) is 1.52. The van der Waals surface area contributed by atoms with Crippen LogP contribution in [0, 0.1) is 0 Å². The summed E-state index contributed by atoms with van der Waals surface area (Å²) in [6.45, 7) is 8.49. The van der Waals surface area contributed by atoms with Crippen molar-refractivity contribution in [1.29, 1.82) is 0 Å². The fraction of sp³-hybridized carbons (Fsp3) is 1.00. The highest BCUT2D eigenvalue weighted by atomic mass is 15.4. The second-order valence-electron chi connectivity index (χ2n) is 4.44. The Bertz CT molecular complexity index is 156. The maximum atomic E-state index is 2.66. The monoisotopic (exact) mass is 168 g/mol. The van der Waals surface area contributed by atoms with Crippen molar-refractivity contribution in [3.05, 3.63) is 0 Å². The first-order valence-corrected chi connectivity index (χ1v) is 5.25. The molecular formula is C10H20N2. The van der Waals surface area contributed by atoms with E-state index in [0.29, 0.717) is 0 Å². The fourth-order valence-electron chi connectivity index (χ4n) is 2.45. The first-order valence-electron chi connectivity index (χ1n) is 5.25. The molecule has 0 aromatic carbocycles. The summed E-state index contributed by atoms with van der Waals surface area (Å²) < 4.78 is 0. The third kappa shape index (κ3) is 1.50. The Morgan fingerprint density at radius 3 is 2.75 bits per heavy atom. The van der Waals surface area contributed by atoms with E-state index in [4.69, 9.17) is 0 Å². The average Bonchev–Trinajstić information content (AvgIpc) is 2.49.